The molecule has 0 radical (unpaired) electrons. The van der Waals surface area contributed by atoms with Crippen molar-refractivity contribution in [2.75, 3.05) is 52.4 Å². The molecule has 1 fully saturated rings. The van der Waals surface area contributed by atoms with Crippen LogP contribution in [0.5, 0.6) is 0 Å². The summed E-state index contributed by atoms with van der Waals surface area (Å²) in [6, 6.07) is -0.653. The number of hydrogen-bond acceptors (Lipinski definition) is 6. The van der Waals surface area contributed by atoms with E-state index >= 15 is 0 Å². The third-order valence-electron chi connectivity index (χ3n) is 7.08. The van der Waals surface area contributed by atoms with Crippen molar-refractivity contribution >= 4 is 24.0 Å². The van der Waals surface area contributed by atoms with Crippen molar-refractivity contribution in [1.82, 2.24) is 30.2 Å². The van der Waals surface area contributed by atoms with E-state index in [1.54, 1.807) is 0 Å². The zero-order chi connectivity index (χ0) is 32.5. The highest BCUT2D eigenvalue weighted by Gasteiger charge is 2.31. The second-order valence-corrected chi connectivity index (χ2v) is 15.6. The van der Waals surface area contributed by atoms with E-state index in [0.717, 1.165) is 65.0 Å². The van der Waals surface area contributed by atoms with E-state index in [1.165, 1.54) is 9.80 Å². The van der Waals surface area contributed by atoms with Gasteiger partial charge in [0.1, 0.15) is 0 Å². The van der Waals surface area contributed by atoms with Crippen molar-refractivity contribution in [3.05, 3.63) is 0 Å². The molecule has 0 bridgehead atoms. The molecule has 0 aromatic rings. The minimum Gasteiger partial charge on any atom is -0.370 e. The van der Waals surface area contributed by atoms with Crippen LogP contribution in [0.1, 0.15) is 94.9 Å². The second kappa shape index (κ2) is 15.2. The Morgan fingerprint density at radius 1 is 0.643 bits per heavy atom. The van der Waals surface area contributed by atoms with Crippen LogP contribution in [-0.2, 0) is 0 Å². The maximum atomic E-state index is 12.9. The summed E-state index contributed by atoms with van der Waals surface area (Å²) in [7, 11) is 0. The molecule has 42 heavy (non-hydrogen) atoms. The fourth-order valence-electron chi connectivity index (χ4n) is 6.26. The molecule has 8 N–H and O–H groups in total. The lowest BCUT2D eigenvalue weighted by Gasteiger charge is -2.36. The number of amides is 4. The van der Waals surface area contributed by atoms with E-state index < -0.39 is 11.1 Å². The first-order chi connectivity index (χ1) is 19.0. The van der Waals surface area contributed by atoms with Crippen LogP contribution in [0.4, 0.5) is 9.59 Å². The normalized spacial score (nSPS) is 15.7. The first-order valence-corrected chi connectivity index (χ1v) is 15.3. The van der Waals surface area contributed by atoms with E-state index in [2.05, 4.69) is 62.0 Å². The van der Waals surface area contributed by atoms with Gasteiger partial charge in [-0.15, -0.1) is 0 Å². The van der Waals surface area contributed by atoms with Crippen LogP contribution in [-0.4, -0.2) is 107 Å². The number of nitrogens with one attached hydrogen (secondary N) is 4. The molecule has 0 unspecified atom stereocenters. The molecular formula is C30H62N10O2. The molecule has 0 aromatic heterocycles. The highest BCUT2D eigenvalue weighted by molar-refractivity contribution is 5.94. The molecule has 1 saturated heterocycles. The number of piperazine rings is 1. The molecule has 1 heterocycles. The lowest BCUT2D eigenvalue weighted by atomic mass is 9.82. The summed E-state index contributed by atoms with van der Waals surface area (Å²) in [6.45, 7) is 26.9. The number of rotatable bonds is 12. The van der Waals surface area contributed by atoms with Crippen LogP contribution in [0.15, 0.2) is 0 Å². The van der Waals surface area contributed by atoms with E-state index in [-0.39, 0.29) is 34.8 Å². The minimum atomic E-state index is -0.409. The van der Waals surface area contributed by atoms with Gasteiger partial charge in [0.2, 0.25) is 0 Å². The summed E-state index contributed by atoms with van der Waals surface area (Å²) in [4.78, 5) is 33.2. The summed E-state index contributed by atoms with van der Waals surface area (Å²) in [5, 5.41) is 21.9. The smallest absolute Gasteiger partial charge is 0.324 e. The van der Waals surface area contributed by atoms with E-state index in [1.807, 2.05) is 27.7 Å². The van der Waals surface area contributed by atoms with Crippen LogP contribution in [0.2, 0.25) is 0 Å². The zero-order valence-electron chi connectivity index (χ0n) is 28.2. The lowest BCUT2D eigenvalue weighted by Crippen LogP contribution is -2.55. The number of hydrogen-bond donors (Lipinski definition) is 6. The van der Waals surface area contributed by atoms with Crippen molar-refractivity contribution < 1.29 is 9.59 Å². The van der Waals surface area contributed by atoms with Gasteiger partial charge in [0.05, 0.1) is 0 Å². The molecule has 0 saturated carbocycles. The Morgan fingerprint density at radius 3 is 1.17 bits per heavy atom. The van der Waals surface area contributed by atoms with Crippen molar-refractivity contribution in [2.45, 2.75) is 106 Å². The number of carbonyl (C=O) groups excluding carboxylic acids is 2. The molecule has 0 atom stereocenters. The van der Waals surface area contributed by atoms with Crippen molar-refractivity contribution in [3.63, 3.8) is 0 Å². The molecule has 4 amide bonds. The predicted octanol–water partition coefficient (Wildman–Crippen LogP) is 3.62. The molecule has 0 aromatic carbocycles. The largest absolute Gasteiger partial charge is 0.370 e. The highest BCUT2D eigenvalue weighted by atomic mass is 16.2. The molecular weight excluding hydrogens is 532 g/mol. The van der Waals surface area contributed by atoms with Crippen LogP contribution >= 0.6 is 0 Å². The molecule has 0 aliphatic carbocycles. The fraction of sp³-hybridized carbons (Fsp3) is 0.867. The Hall–Kier alpha value is -2.60. The standard InChI is InChI=1S/C30H62N10O2/c1-27(2,3)21-29(7,8)35-25(41)39(23(31)32)15-11-13-37-17-19-38(20-18-37)14-12-16-40(24(33)34)26(42)36-30(9,10)22-28(4,5)6/h11-22H2,1-10H3,(H3,31,32)(H3,33,34)(H,35,41)(H,36,42). The first kappa shape index (κ1) is 37.4. The molecule has 1 aliphatic heterocycles. The van der Waals surface area contributed by atoms with Crippen LogP contribution in [0.25, 0.3) is 0 Å². The minimum absolute atomic E-state index is 0.0601. The Bertz CT molecular complexity index is 838. The maximum Gasteiger partial charge on any atom is 0.324 e. The molecule has 0 spiro atoms. The van der Waals surface area contributed by atoms with Gasteiger partial charge in [-0.05, 0) is 77.3 Å². The van der Waals surface area contributed by atoms with Gasteiger partial charge in [0.15, 0.2) is 11.9 Å². The lowest BCUT2D eigenvalue weighted by molar-refractivity contribution is 0.126. The number of nitrogens with two attached hydrogens (primary N) is 2. The second-order valence-electron chi connectivity index (χ2n) is 15.6. The SMILES string of the molecule is CC(C)(C)CC(C)(C)NC(=O)N(CCCN1CCN(CCCN(C(=N)N)C(=O)NC(C)(C)CC(C)(C)C)CC1)C(=N)N. The van der Waals surface area contributed by atoms with Gasteiger partial charge in [-0.25, -0.2) is 9.59 Å². The van der Waals surface area contributed by atoms with Crippen molar-refractivity contribution in [1.29, 1.82) is 10.8 Å². The Labute approximate surface area is 255 Å². The van der Waals surface area contributed by atoms with Gasteiger partial charge < -0.3 is 31.9 Å². The van der Waals surface area contributed by atoms with Crippen LogP contribution < -0.4 is 22.1 Å². The molecule has 244 valence electrons. The van der Waals surface area contributed by atoms with E-state index in [4.69, 9.17) is 22.3 Å². The van der Waals surface area contributed by atoms with Gasteiger partial charge in [0.25, 0.3) is 0 Å². The van der Waals surface area contributed by atoms with Crippen LogP contribution in [0, 0.1) is 21.6 Å². The average Bonchev–Trinajstić information content (AvgIpc) is 2.75. The number of carbonyl (C=O) groups is 2. The third-order valence-corrected chi connectivity index (χ3v) is 7.08. The van der Waals surface area contributed by atoms with Crippen LogP contribution in [0.3, 0.4) is 0 Å². The summed E-state index contributed by atoms with van der Waals surface area (Å²) >= 11 is 0. The van der Waals surface area contributed by atoms with Crippen molar-refractivity contribution in [3.8, 4) is 0 Å². The number of nitrogens with zero attached hydrogens (tertiary/aromatic N) is 4. The highest BCUT2D eigenvalue weighted by Crippen LogP contribution is 2.28. The molecule has 12 nitrogen and oxygen atoms in total. The molecule has 1 aliphatic rings. The summed E-state index contributed by atoms with van der Waals surface area (Å²) in [6.07, 6.45) is 3.05. The topological polar surface area (TPSA) is 171 Å². The monoisotopic (exact) mass is 595 g/mol. The Kier molecular flexibility index (Phi) is 13.6. The van der Waals surface area contributed by atoms with Gasteiger partial charge in [-0.2, -0.15) is 0 Å². The molecule has 1 rings (SSSR count). The summed E-state index contributed by atoms with van der Waals surface area (Å²) < 4.78 is 0. The third kappa shape index (κ3) is 15.0. The predicted molar refractivity (Wildman–Crippen MR) is 173 cm³/mol. The average molecular weight is 595 g/mol. The van der Waals surface area contributed by atoms with Crippen molar-refractivity contribution in [2.24, 2.45) is 22.3 Å². The van der Waals surface area contributed by atoms with Gasteiger partial charge in [-0.3, -0.25) is 20.6 Å². The van der Waals surface area contributed by atoms with Gasteiger partial charge in [0, 0.05) is 50.3 Å². The first-order valence-electron chi connectivity index (χ1n) is 15.3. The Morgan fingerprint density at radius 2 is 0.929 bits per heavy atom. The fourth-order valence-corrected chi connectivity index (χ4v) is 6.26. The number of guanidine groups is 2. The van der Waals surface area contributed by atoms with E-state index in [9.17, 15) is 9.59 Å². The maximum absolute atomic E-state index is 12.9. The van der Waals surface area contributed by atoms with Gasteiger partial charge in [-0.1, -0.05) is 41.5 Å². The quantitative estimate of drug-likeness (QED) is 0.149. The number of urea groups is 2. The Balaban J connectivity index is 2.47. The zero-order valence-corrected chi connectivity index (χ0v) is 28.2. The van der Waals surface area contributed by atoms with Gasteiger partial charge >= 0.3 is 12.1 Å². The summed E-state index contributed by atoms with van der Waals surface area (Å²) in [5.41, 5.74) is 10.8. The molecule has 12 heteroatoms. The summed E-state index contributed by atoms with van der Waals surface area (Å²) in [5.74, 6) is -0.482. The van der Waals surface area contributed by atoms with E-state index in [0.29, 0.717) is 13.1 Å².